The maximum atomic E-state index is 12.4. The van der Waals surface area contributed by atoms with Gasteiger partial charge < -0.3 is 14.2 Å². The van der Waals surface area contributed by atoms with Crippen molar-refractivity contribution in [3.63, 3.8) is 0 Å². The van der Waals surface area contributed by atoms with Crippen LogP contribution >= 0.6 is 0 Å². The molecule has 2 aliphatic rings. The first kappa shape index (κ1) is 21.4. The van der Waals surface area contributed by atoms with Crippen molar-refractivity contribution in [2.45, 2.75) is 26.9 Å². The summed E-state index contributed by atoms with van der Waals surface area (Å²) in [5.41, 5.74) is 2.96. The Morgan fingerprint density at radius 2 is 1.84 bits per heavy atom. The molecule has 2 aromatic carbocycles. The van der Waals surface area contributed by atoms with Gasteiger partial charge >= 0.3 is 6.09 Å². The molecule has 1 aliphatic heterocycles. The molecule has 1 heterocycles. The third-order valence-electron chi connectivity index (χ3n) is 7.19. The highest BCUT2D eigenvalue weighted by Gasteiger charge is 2.54. The van der Waals surface area contributed by atoms with Crippen molar-refractivity contribution in [3.8, 4) is 5.75 Å². The fraction of sp³-hybridized carbons (Fsp3) is 0.423. The molecule has 2 bridgehead atoms. The molecule has 5 heteroatoms. The van der Waals surface area contributed by atoms with Crippen molar-refractivity contribution in [3.05, 3.63) is 71.8 Å². The molecule has 0 radical (unpaired) electrons. The summed E-state index contributed by atoms with van der Waals surface area (Å²) in [6.45, 7) is 7.53. The van der Waals surface area contributed by atoms with Gasteiger partial charge in [0.2, 0.25) is 0 Å². The maximum Gasteiger partial charge on any atom is 0.411 e. The zero-order chi connectivity index (χ0) is 22.0. The van der Waals surface area contributed by atoms with E-state index < -0.39 is 6.09 Å². The third-order valence-corrected chi connectivity index (χ3v) is 7.19. The van der Waals surface area contributed by atoms with Crippen molar-refractivity contribution in [2.75, 3.05) is 25.6 Å². The van der Waals surface area contributed by atoms with Gasteiger partial charge in [-0.1, -0.05) is 55.8 Å². The number of amides is 1. The molecule has 0 unspecified atom stereocenters. The molecule has 1 aliphatic carbocycles. The number of ether oxygens (including phenoxy) is 3. The number of hydrogen-bond donors (Lipinski definition) is 1. The topological polar surface area (TPSA) is 56.8 Å². The van der Waals surface area contributed by atoms with E-state index in [1.165, 1.54) is 5.57 Å². The lowest BCUT2D eigenvalue weighted by molar-refractivity contribution is -0.165. The number of anilines is 1. The number of benzene rings is 2. The number of allylic oxidation sites excluding steroid dienone is 1. The second kappa shape index (κ2) is 8.75. The molecular formula is C26H31NO4. The van der Waals surface area contributed by atoms with E-state index in [0.29, 0.717) is 19.1 Å². The minimum Gasteiger partial charge on any atom is -0.497 e. The minimum absolute atomic E-state index is 0.0177. The van der Waals surface area contributed by atoms with E-state index in [2.05, 4.69) is 44.3 Å². The van der Waals surface area contributed by atoms with Gasteiger partial charge in [-0.3, -0.25) is 5.32 Å². The Kier molecular flexibility index (Phi) is 6.05. The van der Waals surface area contributed by atoms with E-state index in [-0.39, 0.29) is 23.4 Å². The maximum absolute atomic E-state index is 12.4. The average molecular weight is 422 g/mol. The van der Waals surface area contributed by atoms with E-state index in [9.17, 15) is 4.79 Å². The zero-order valence-corrected chi connectivity index (χ0v) is 18.6. The summed E-state index contributed by atoms with van der Waals surface area (Å²) in [6.07, 6.45) is 1.89. The molecule has 2 aromatic rings. The summed E-state index contributed by atoms with van der Waals surface area (Å²) < 4.78 is 17.5. The molecular weight excluding hydrogens is 390 g/mol. The van der Waals surface area contributed by atoms with Crippen LogP contribution in [0.3, 0.4) is 0 Å². The van der Waals surface area contributed by atoms with Gasteiger partial charge in [0, 0.05) is 17.0 Å². The van der Waals surface area contributed by atoms with Crippen LogP contribution in [0, 0.1) is 23.2 Å². The SMILES string of the molecule is COc1ccc([C@H]2OC[C@@]3(COC(=O)Nc4ccccc4)[C@H](C)C=C(C)[C@H]2[C@H]3C)cc1. The number of hydrogen-bond acceptors (Lipinski definition) is 4. The lowest BCUT2D eigenvalue weighted by Crippen LogP contribution is -2.54. The van der Waals surface area contributed by atoms with Crippen molar-refractivity contribution >= 4 is 11.8 Å². The Bertz CT molecular complexity index is 940. The zero-order valence-electron chi connectivity index (χ0n) is 18.6. The quantitative estimate of drug-likeness (QED) is 0.615. The monoisotopic (exact) mass is 421 g/mol. The smallest absolute Gasteiger partial charge is 0.411 e. The summed E-state index contributed by atoms with van der Waals surface area (Å²) >= 11 is 0. The highest BCUT2D eigenvalue weighted by molar-refractivity contribution is 5.84. The number of nitrogens with one attached hydrogen (secondary N) is 1. The van der Waals surface area contributed by atoms with Crippen molar-refractivity contribution in [1.29, 1.82) is 0 Å². The van der Waals surface area contributed by atoms with E-state index in [1.807, 2.05) is 42.5 Å². The van der Waals surface area contributed by atoms with Gasteiger partial charge in [0.05, 0.1) is 19.8 Å². The van der Waals surface area contributed by atoms with Crippen LogP contribution < -0.4 is 10.1 Å². The van der Waals surface area contributed by atoms with E-state index in [0.717, 1.165) is 17.0 Å². The molecule has 31 heavy (non-hydrogen) atoms. The number of para-hydroxylation sites is 1. The van der Waals surface area contributed by atoms with Crippen molar-refractivity contribution in [2.24, 2.45) is 23.2 Å². The van der Waals surface area contributed by atoms with Crippen LogP contribution in [0.25, 0.3) is 0 Å². The molecule has 0 spiro atoms. The predicted octanol–water partition coefficient (Wildman–Crippen LogP) is 5.85. The highest BCUT2D eigenvalue weighted by Crippen LogP contribution is 2.56. The largest absolute Gasteiger partial charge is 0.497 e. The standard InChI is InChI=1S/C26H31NO4/c1-17-14-18(2)26(16-31-25(28)27-21-8-6-5-7-9-21)15-30-24(23(17)19(26)3)20-10-12-22(29-4)13-11-20/h5-14,18-19,23-24H,15-16H2,1-4H3,(H,27,28)/t18-,19-,23+,24-,26-/m1/s1. The van der Waals surface area contributed by atoms with Crippen LogP contribution in [-0.2, 0) is 9.47 Å². The molecule has 5 atom stereocenters. The van der Waals surface area contributed by atoms with Gasteiger partial charge in [0.25, 0.3) is 0 Å². The summed E-state index contributed by atoms with van der Waals surface area (Å²) in [5, 5.41) is 2.81. The first-order valence-corrected chi connectivity index (χ1v) is 10.9. The van der Waals surface area contributed by atoms with E-state index in [1.54, 1.807) is 7.11 Å². The molecule has 4 rings (SSSR count). The van der Waals surface area contributed by atoms with E-state index >= 15 is 0 Å². The average Bonchev–Trinajstić information content (AvgIpc) is 2.77. The molecule has 1 N–H and O–H groups in total. The van der Waals surface area contributed by atoms with Crippen LogP contribution in [0.15, 0.2) is 66.2 Å². The lowest BCUT2D eigenvalue weighted by Gasteiger charge is -2.55. The summed E-state index contributed by atoms with van der Waals surface area (Å²) in [7, 11) is 1.67. The molecule has 164 valence electrons. The summed E-state index contributed by atoms with van der Waals surface area (Å²) in [4.78, 5) is 12.4. The first-order chi connectivity index (χ1) is 14.9. The number of methoxy groups -OCH3 is 1. The van der Waals surface area contributed by atoms with Crippen molar-refractivity contribution in [1.82, 2.24) is 0 Å². The van der Waals surface area contributed by atoms with Gasteiger partial charge in [0.15, 0.2) is 0 Å². The van der Waals surface area contributed by atoms with Gasteiger partial charge in [-0.05, 0) is 48.6 Å². The second-order valence-corrected chi connectivity index (χ2v) is 8.82. The van der Waals surface area contributed by atoms with Gasteiger partial charge in [-0.2, -0.15) is 0 Å². The number of carbonyl (C=O) groups is 1. The Labute approximate surface area is 184 Å². The molecule has 1 fully saturated rings. The molecule has 0 aromatic heterocycles. The normalized spacial score (nSPS) is 29.6. The molecule has 1 saturated heterocycles. The number of fused-ring (bicyclic) bond motifs is 2. The molecule has 1 amide bonds. The van der Waals surface area contributed by atoms with Gasteiger partial charge in [0.1, 0.15) is 12.4 Å². The van der Waals surface area contributed by atoms with Crippen LogP contribution in [0.1, 0.15) is 32.4 Å². The van der Waals surface area contributed by atoms with Crippen LogP contribution in [-0.4, -0.2) is 26.4 Å². The number of carbonyl (C=O) groups excluding carboxylic acids is 1. The first-order valence-electron chi connectivity index (χ1n) is 10.9. The van der Waals surface area contributed by atoms with Crippen molar-refractivity contribution < 1.29 is 19.0 Å². The molecule has 0 saturated carbocycles. The number of rotatable bonds is 5. The molecule has 5 nitrogen and oxygen atoms in total. The minimum atomic E-state index is -0.430. The Balaban J connectivity index is 1.51. The lowest BCUT2D eigenvalue weighted by atomic mass is 9.56. The Morgan fingerprint density at radius 1 is 1.13 bits per heavy atom. The predicted molar refractivity (Wildman–Crippen MR) is 121 cm³/mol. The van der Waals surface area contributed by atoms with Gasteiger partial charge in [-0.25, -0.2) is 4.79 Å². The third kappa shape index (κ3) is 4.07. The fourth-order valence-corrected chi connectivity index (χ4v) is 5.23. The van der Waals surface area contributed by atoms with Crippen LogP contribution in [0.5, 0.6) is 5.75 Å². The van der Waals surface area contributed by atoms with E-state index in [4.69, 9.17) is 14.2 Å². The Morgan fingerprint density at radius 3 is 2.52 bits per heavy atom. The highest BCUT2D eigenvalue weighted by atomic mass is 16.6. The summed E-state index contributed by atoms with van der Waals surface area (Å²) in [5.74, 6) is 1.63. The van der Waals surface area contributed by atoms with Gasteiger partial charge in [-0.15, -0.1) is 0 Å². The van der Waals surface area contributed by atoms with Crippen LogP contribution in [0.4, 0.5) is 10.5 Å². The fourth-order valence-electron chi connectivity index (χ4n) is 5.23. The summed E-state index contributed by atoms with van der Waals surface area (Å²) in [6, 6.07) is 17.5. The Hall–Kier alpha value is -2.79. The van der Waals surface area contributed by atoms with Crippen LogP contribution in [0.2, 0.25) is 0 Å². The second-order valence-electron chi connectivity index (χ2n) is 8.82.